The average Bonchev–Trinajstić information content (AvgIpc) is 3.83. The summed E-state index contributed by atoms with van der Waals surface area (Å²) >= 11 is 0. The molecule has 0 aliphatic rings. The highest BCUT2D eigenvalue weighted by Crippen LogP contribution is 2.43. The van der Waals surface area contributed by atoms with Gasteiger partial charge in [-0.15, -0.1) is 0 Å². The number of aromatic nitrogens is 3. The summed E-state index contributed by atoms with van der Waals surface area (Å²) in [5.74, 6) is 0.604. The van der Waals surface area contributed by atoms with E-state index in [4.69, 9.17) is 14.4 Å². The number of hydrogen-bond acceptors (Lipinski definition) is 3. The van der Waals surface area contributed by atoms with Crippen molar-refractivity contribution in [2.45, 2.75) is 0 Å². The number of nitrogens with zero attached hydrogens (tertiary/aromatic N) is 3. The molecule has 0 atom stereocenters. The van der Waals surface area contributed by atoms with Crippen molar-refractivity contribution in [2.24, 2.45) is 0 Å². The van der Waals surface area contributed by atoms with Crippen molar-refractivity contribution < 1.29 is 4.42 Å². The van der Waals surface area contributed by atoms with Crippen LogP contribution in [0.5, 0.6) is 0 Å². The molecular weight excluding hydrogens is 683 g/mol. The fraction of sp³-hybridized carbons (Fsp3) is 0. The molecule has 4 heteroatoms. The van der Waals surface area contributed by atoms with Crippen LogP contribution in [0.3, 0.4) is 0 Å². The van der Waals surface area contributed by atoms with E-state index >= 15 is 0 Å². The highest BCUT2D eigenvalue weighted by atomic mass is 16.3. The van der Waals surface area contributed by atoms with Gasteiger partial charge in [-0.2, -0.15) is 0 Å². The lowest BCUT2D eigenvalue weighted by atomic mass is 9.96. The highest BCUT2D eigenvalue weighted by Gasteiger charge is 2.22. The van der Waals surface area contributed by atoms with Crippen LogP contribution in [0.1, 0.15) is 0 Å². The maximum absolute atomic E-state index is 6.73. The van der Waals surface area contributed by atoms with E-state index in [2.05, 4.69) is 174 Å². The summed E-state index contributed by atoms with van der Waals surface area (Å²) in [4.78, 5) is 10.9. The first kappa shape index (κ1) is 30.9. The minimum absolute atomic E-state index is 0.604. The minimum Gasteiger partial charge on any atom is -0.455 e. The Morgan fingerprint density at radius 2 is 1.02 bits per heavy atom. The molecule has 12 aromatic rings. The second kappa shape index (κ2) is 12.0. The number of fused-ring (bicyclic) bond motifs is 11. The predicted octanol–water partition coefficient (Wildman–Crippen LogP) is 13.9. The Bertz CT molecular complexity index is 3540. The van der Waals surface area contributed by atoms with Gasteiger partial charge in [-0.3, -0.25) is 4.57 Å². The molecule has 0 saturated heterocycles. The first-order chi connectivity index (χ1) is 27.8. The van der Waals surface area contributed by atoms with Crippen LogP contribution in [0.4, 0.5) is 0 Å². The Balaban J connectivity index is 1.19. The fourth-order valence-electron chi connectivity index (χ4n) is 8.84. The van der Waals surface area contributed by atoms with Gasteiger partial charge in [0, 0.05) is 32.7 Å². The predicted molar refractivity (Wildman–Crippen MR) is 232 cm³/mol. The monoisotopic (exact) mass is 713 g/mol. The van der Waals surface area contributed by atoms with Gasteiger partial charge in [0.2, 0.25) is 5.95 Å². The molecule has 56 heavy (non-hydrogen) atoms. The Labute approximate surface area is 321 Å². The summed E-state index contributed by atoms with van der Waals surface area (Å²) in [6.45, 7) is 0. The van der Waals surface area contributed by atoms with Crippen LogP contribution < -0.4 is 0 Å². The number of rotatable bonds is 4. The smallest absolute Gasteiger partial charge is 0.235 e. The van der Waals surface area contributed by atoms with Crippen molar-refractivity contribution in [3.8, 4) is 39.6 Å². The lowest BCUT2D eigenvalue weighted by Crippen LogP contribution is -2.04. The molecule has 3 aromatic heterocycles. The van der Waals surface area contributed by atoms with Gasteiger partial charge in [0.05, 0.1) is 22.4 Å². The first-order valence-electron chi connectivity index (χ1n) is 19.0. The molecule has 12 rings (SSSR count). The molecule has 0 amide bonds. The van der Waals surface area contributed by atoms with Crippen LogP contribution in [-0.4, -0.2) is 14.5 Å². The van der Waals surface area contributed by atoms with Crippen LogP contribution in [0.25, 0.3) is 116 Å². The molecule has 0 aliphatic carbocycles. The molecule has 0 bridgehead atoms. The molecule has 0 N–H and O–H groups in total. The maximum atomic E-state index is 6.73. The third-order valence-corrected chi connectivity index (χ3v) is 11.4. The van der Waals surface area contributed by atoms with Crippen molar-refractivity contribution in [1.82, 2.24) is 14.5 Å². The summed E-state index contributed by atoms with van der Waals surface area (Å²) in [6, 6.07) is 66.6. The third kappa shape index (κ3) is 4.60. The molecule has 9 aromatic carbocycles. The Morgan fingerprint density at radius 1 is 0.375 bits per heavy atom. The standard InChI is InChI=1S/C52H31N3O/c1-2-15-34(16-3-1)44-31-45(42-29-35-17-6-9-21-40(35)50-41-22-10-11-24-48(41)56-51(42)50)54-52(53-44)55-46-27-26-36(38-23-12-18-32-13-4-7-19-37(32)38)30-43(46)49-39-20-8-5-14-33(39)25-28-47(49)55/h1-31H. The van der Waals surface area contributed by atoms with E-state index in [1.54, 1.807) is 0 Å². The van der Waals surface area contributed by atoms with Crippen LogP contribution in [0.2, 0.25) is 0 Å². The first-order valence-corrected chi connectivity index (χ1v) is 19.0. The third-order valence-electron chi connectivity index (χ3n) is 11.4. The fourth-order valence-corrected chi connectivity index (χ4v) is 8.84. The zero-order chi connectivity index (χ0) is 36.7. The SMILES string of the molecule is c1ccc(-c2cc(-c3cc4ccccc4c4c3oc3ccccc34)nc(-n3c4ccc(-c5cccc6ccccc56)cc4c4c5ccccc5ccc43)n2)cc1. The van der Waals surface area contributed by atoms with Gasteiger partial charge >= 0.3 is 0 Å². The second-order valence-electron chi connectivity index (χ2n) is 14.5. The summed E-state index contributed by atoms with van der Waals surface area (Å²) < 4.78 is 8.98. The van der Waals surface area contributed by atoms with E-state index in [1.165, 1.54) is 38.1 Å². The molecule has 260 valence electrons. The van der Waals surface area contributed by atoms with Crippen LogP contribution in [0, 0.1) is 0 Å². The van der Waals surface area contributed by atoms with E-state index < -0.39 is 0 Å². The number of benzene rings is 9. The van der Waals surface area contributed by atoms with E-state index in [1.807, 2.05) is 18.2 Å². The quantitative estimate of drug-likeness (QED) is 0.182. The van der Waals surface area contributed by atoms with Crippen molar-refractivity contribution in [3.63, 3.8) is 0 Å². The number of hydrogen-bond donors (Lipinski definition) is 0. The van der Waals surface area contributed by atoms with E-state index in [-0.39, 0.29) is 0 Å². The average molecular weight is 714 g/mol. The van der Waals surface area contributed by atoms with Crippen LogP contribution >= 0.6 is 0 Å². The van der Waals surface area contributed by atoms with Gasteiger partial charge in [-0.25, -0.2) is 9.97 Å². The van der Waals surface area contributed by atoms with E-state index in [9.17, 15) is 0 Å². The summed E-state index contributed by atoms with van der Waals surface area (Å²) in [5, 5.41) is 11.7. The normalized spacial score (nSPS) is 11.9. The number of furan rings is 1. The molecule has 0 aliphatic heterocycles. The maximum Gasteiger partial charge on any atom is 0.235 e. The Hall–Kier alpha value is -7.56. The van der Waals surface area contributed by atoms with Crippen molar-refractivity contribution >= 4 is 76.1 Å². The molecule has 0 spiro atoms. The van der Waals surface area contributed by atoms with Crippen molar-refractivity contribution in [3.05, 3.63) is 188 Å². The van der Waals surface area contributed by atoms with Crippen molar-refractivity contribution in [1.29, 1.82) is 0 Å². The lowest BCUT2D eigenvalue weighted by molar-refractivity contribution is 0.670. The molecule has 0 fully saturated rings. The van der Waals surface area contributed by atoms with E-state index in [0.717, 1.165) is 71.6 Å². The molecule has 0 radical (unpaired) electrons. The Morgan fingerprint density at radius 3 is 1.86 bits per heavy atom. The minimum atomic E-state index is 0.604. The zero-order valence-electron chi connectivity index (χ0n) is 30.1. The largest absolute Gasteiger partial charge is 0.455 e. The highest BCUT2D eigenvalue weighted by molar-refractivity contribution is 6.23. The second-order valence-corrected chi connectivity index (χ2v) is 14.5. The Kier molecular flexibility index (Phi) is 6.60. The topological polar surface area (TPSA) is 43.9 Å². The molecule has 3 heterocycles. The van der Waals surface area contributed by atoms with E-state index in [0.29, 0.717) is 5.95 Å². The number of para-hydroxylation sites is 1. The van der Waals surface area contributed by atoms with Gasteiger partial charge in [-0.05, 0) is 79.8 Å². The molecule has 0 saturated carbocycles. The molecule has 0 unspecified atom stereocenters. The summed E-state index contributed by atoms with van der Waals surface area (Å²) in [5.41, 5.74) is 9.74. The van der Waals surface area contributed by atoms with Crippen molar-refractivity contribution in [2.75, 3.05) is 0 Å². The zero-order valence-corrected chi connectivity index (χ0v) is 30.1. The van der Waals surface area contributed by atoms with Gasteiger partial charge in [0.1, 0.15) is 11.2 Å². The van der Waals surface area contributed by atoms with Gasteiger partial charge in [-0.1, -0.05) is 152 Å². The van der Waals surface area contributed by atoms with Crippen LogP contribution in [-0.2, 0) is 0 Å². The summed E-state index contributed by atoms with van der Waals surface area (Å²) in [6.07, 6.45) is 0. The summed E-state index contributed by atoms with van der Waals surface area (Å²) in [7, 11) is 0. The molecule has 4 nitrogen and oxygen atoms in total. The lowest BCUT2D eigenvalue weighted by Gasteiger charge is -2.13. The van der Waals surface area contributed by atoms with Gasteiger partial charge in [0.15, 0.2) is 0 Å². The van der Waals surface area contributed by atoms with Crippen LogP contribution in [0.15, 0.2) is 192 Å². The van der Waals surface area contributed by atoms with Gasteiger partial charge in [0.25, 0.3) is 0 Å². The molecular formula is C52H31N3O. The van der Waals surface area contributed by atoms with Gasteiger partial charge < -0.3 is 4.42 Å².